The smallest absolute Gasteiger partial charge is 0.289 e. The number of Topliss-reactive ketones (excluding diaryl/α,β-unsaturated/α-hetero) is 1. The number of hydrogen-bond acceptors (Lipinski definition) is 7. The van der Waals surface area contributed by atoms with Gasteiger partial charge in [-0.15, -0.1) is 0 Å². The second-order valence-electron chi connectivity index (χ2n) is 10.8. The minimum Gasteiger partial charge on any atom is -0.345 e. The number of anilines is 1. The van der Waals surface area contributed by atoms with Crippen LogP contribution in [0.3, 0.4) is 0 Å². The van der Waals surface area contributed by atoms with Crippen LogP contribution in [0.2, 0.25) is 0 Å². The van der Waals surface area contributed by atoms with Crippen LogP contribution in [0.25, 0.3) is 0 Å². The van der Waals surface area contributed by atoms with E-state index in [4.69, 9.17) is 0 Å². The third-order valence-electron chi connectivity index (χ3n) is 6.75. The van der Waals surface area contributed by atoms with E-state index in [2.05, 4.69) is 31.6 Å². The Kier molecular flexibility index (Phi) is 12.5. The van der Waals surface area contributed by atoms with Crippen molar-refractivity contribution in [3.8, 4) is 0 Å². The number of pyridine rings is 1. The summed E-state index contributed by atoms with van der Waals surface area (Å²) in [6, 6.07) is 17.7. The molecular formula is C33H38N6O6. The summed E-state index contributed by atoms with van der Waals surface area (Å²) in [6.45, 7) is 6.32. The van der Waals surface area contributed by atoms with Crippen LogP contribution in [0.4, 0.5) is 5.82 Å². The average Bonchev–Trinajstić information content (AvgIpc) is 3.02. The first kappa shape index (κ1) is 34.1. The van der Waals surface area contributed by atoms with Crippen molar-refractivity contribution in [3.63, 3.8) is 0 Å². The molecule has 0 saturated carbocycles. The standard InChI is InChI=1S/C33H38N6O6/c1-20(2)28(29(41)33(45)35-18-24-13-9-6-10-14-24)39-30(42)21(3)36-32(44)26(17-23-11-7-5-8-12-23)38-31(43)25-15-16-27(34-19-25)37-22(4)40/h5-16,19-21,26,28H,17-18H2,1-4H3,(H,35,45)(H,36,44)(H,38,43)(H,39,42)(H,34,37,40). The molecule has 45 heavy (non-hydrogen) atoms. The zero-order valence-electron chi connectivity index (χ0n) is 25.6. The van der Waals surface area contributed by atoms with Crippen LogP contribution in [0, 0.1) is 5.92 Å². The monoisotopic (exact) mass is 614 g/mol. The van der Waals surface area contributed by atoms with Crippen LogP contribution in [0.15, 0.2) is 79.0 Å². The predicted molar refractivity (Wildman–Crippen MR) is 168 cm³/mol. The summed E-state index contributed by atoms with van der Waals surface area (Å²) in [4.78, 5) is 80.3. The van der Waals surface area contributed by atoms with Gasteiger partial charge >= 0.3 is 0 Å². The molecule has 0 aliphatic heterocycles. The van der Waals surface area contributed by atoms with Crippen molar-refractivity contribution in [2.75, 3.05) is 5.32 Å². The minimum atomic E-state index is -1.12. The Hall–Kier alpha value is -5.39. The second kappa shape index (κ2) is 16.5. The van der Waals surface area contributed by atoms with Gasteiger partial charge in [-0.25, -0.2) is 4.98 Å². The Balaban J connectivity index is 1.66. The molecule has 236 valence electrons. The van der Waals surface area contributed by atoms with E-state index < -0.39 is 53.5 Å². The van der Waals surface area contributed by atoms with Gasteiger partial charge in [0, 0.05) is 26.1 Å². The van der Waals surface area contributed by atoms with Crippen LogP contribution in [-0.2, 0) is 36.9 Å². The van der Waals surface area contributed by atoms with E-state index in [1.165, 1.54) is 32.2 Å². The van der Waals surface area contributed by atoms with Crippen LogP contribution in [0.1, 0.15) is 49.2 Å². The maximum absolute atomic E-state index is 13.4. The Bertz CT molecular complexity index is 1500. The number of nitrogens with one attached hydrogen (secondary N) is 5. The Morgan fingerprint density at radius 1 is 0.733 bits per heavy atom. The lowest BCUT2D eigenvalue weighted by Gasteiger charge is -2.25. The van der Waals surface area contributed by atoms with E-state index >= 15 is 0 Å². The van der Waals surface area contributed by atoms with Gasteiger partial charge in [0.2, 0.25) is 23.5 Å². The summed E-state index contributed by atoms with van der Waals surface area (Å²) in [7, 11) is 0. The lowest BCUT2D eigenvalue weighted by Crippen LogP contribution is -2.57. The fraction of sp³-hybridized carbons (Fsp3) is 0.303. The molecule has 0 aliphatic carbocycles. The normalized spacial score (nSPS) is 12.6. The number of hydrogen-bond donors (Lipinski definition) is 5. The molecule has 12 heteroatoms. The molecule has 5 N–H and O–H groups in total. The molecule has 12 nitrogen and oxygen atoms in total. The number of benzene rings is 2. The quantitative estimate of drug-likeness (QED) is 0.172. The number of rotatable bonds is 14. The van der Waals surface area contributed by atoms with E-state index in [1.807, 2.05) is 36.4 Å². The summed E-state index contributed by atoms with van der Waals surface area (Å²) >= 11 is 0. The molecule has 1 aromatic heterocycles. The van der Waals surface area contributed by atoms with Crippen LogP contribution in [0.5, 0.6) is 0 Å². The highest BCUT2D eigenvalue weighted by Crippen LogP contribution is 2.09. The SMILES string of the molecule is CC(=O)Nc1ccc(C(=O)NC(Cc2ccccc2)C(=O)NC(C)C(=O)NC(C(=O)C(=O)NCc2ccccc2)C(C)C)cn1. The fourth-order valence-electron chi connectivity index (χ4n) is 4.28. The number of amides is 5. The zero-order valence-corrected chi connectivity index (χ0v) is 25.6. The van der Waals surface area contributed by atoms with Crippen molar-refractivity contribution in [3.05, 3.63) is 95.7 Å². The topological polar surface area (TPSA) is 175 Å². The van der Waals surface area contributed by atoms with E-state index in [0.717, 1.165) is 11.1 Å². The highest BCUT2D eigenvalue weighted by Gasteiger charge is 2.32. The van der Waals surface area contributed by atoms with Crippen molar-refractivity contribution in [1.29, 1.82) is 0 Å². The molecule has 2 aromatic carbocycles. The van der Waals surface area contributed by atoms with Gasteiger partial charge in [-0.1, -0.05) is 74.5 Å². The third-order valence-corrected chi connectivity index (χ3v) is 6.75. The molecule has 3 aromatic rings. The van der Waals surface area contributed by atoms with Crippen molar-refractivity contribution in [1.82, 2.24) is 26.3 Å². The predicted octanol–water partition coefficient (Wildman–Crippen LogP) is 1.91. The van der Waals surface area contributed by atoms with E-state index in [1.54, 1.807) is 38.1 Å². The van der Waals surface area contributed by atoms with Crippen molar-refractivity contribution in [2.24, 2.45) is 5.92 Å². The van der Waals surface area contributed by atoms with Gasteiger partial charge in [0.25, 0.3) is 11.8 Å². The maximum Gasteiger partial charge on any atom is 0.289 e. The molecule has 0 saturated heterocycles. The summed E-state index contributed by atoms with van der Waals surface area (Å²) in [5, 5.41) is 13.0. The fourth-order valence-corrected chi connectivity index (χ4v) is 4.28. The minimum absolute atomic E-state index is 0.124. The molecule has 5 amide bonds. The van der Waals surface area contributed by atoms with Crippen molar-refractivity contribution >= 4 is 41.1 Å². The lowest BCUT2D eigenvalue weighted by molar-refractivity contribution is -0.141. The van der Waals surface area contributed by atoms with Crippen LogP contribution >= 0.6 is 0 Å². The largest absolute Gasteiger partial charge is 0.345 e. The molecule has 0 spiro atoms. The van der Waals surface area contributed by atoms with Crippen molar-refractivity contribution in [2.45, 2.75) is 58.8 Å². The lowest BCUT2D eigenvalue weighted by atomic mass is 9.98. The third kappa shape index (κ3) is 10.7. The molecule has 0 fully saturated rings. The first-order chi connectivity index (χ1) is 21.4. The first-order valence-electron chi connectivity index (χ1n) is 14.5. The van der Waals surface area contributed by atoms with Crippen LogP contribution in [-0.4, -0.2) is 58.4 Å². The van der Waals surface area contributed by atoms with Gasteiger partial charge < -0.3 is 26.6 Å². The number of carbonyl (C=O) groups excluding carboxylic acids is 6. The number of aromatic nitrogens is 1. The number of nitrogens with zero attached hydrogens (tertiary/aromatic N) is 1. The van der Waals surface area contributed by atoms with Gasteiger partial charge in [0.05, 0.1) is 11.6 Å². The summed E-state index contributed by atoms with van der Waals surface area (Å²) < 4.78 is 0. The Morgan fingerprint density at radius 3 is 1.91 bits per heavy atom. The van der Waals surface area contributed by atoms with Crippen LogP contribution < -0.4 is 26.6 Å². The Morgan fingerprint density at radius 2 is 1.36 bits per heavy atom. The summed E-state index contributed by atoms with van der Waals surface area (Å²) in [5.41, 5.74) is 1.74. The molecular weight excluding hydrogens is 576 g/mol. The molecule has 3 rings (SSSR count). The molecule has 0 radical (unpaired) electrons. The number of ketones is 1. The molecule has 3 atom stereocenters. The van der Waals surface area contributed by atoms with E-state index in [9.17, 15) is 28.8 Å². The molecule has 0 aliphatic rings. The summed E-state index contributed by atoms with van der Waals surface area (Å²) in [6.07, 6.45) is 1.39. The highest BCUT2D eigenvalue weighted by molar-refractivity contribution is 6.38. The molecule has 0 bridgehead atoms. The van der Waals surface area contributed by atoms with Crippen molar-refractivity contribution < 1.29 is 28.8 Å². The Labute approximate surface area is 261 Å². The molecule has 1 heterocycles. The first-order valence-corrected chi connectivity index (χ1v) is 14.5. The van der Waals surface area contributed by atoms with Gasteiger partial charge in [0.1, 0.15) is 17.9 Å². The van der Waals surface area contributed by atoms with E-state index in [0.29, 0.717) is 0 Å². The second-order valence-corrected chi connectivity index (χ2v) is 10.8. The van der Waals surface area contributed by atoms with Gasteiger partial charge in [-0.2, -0.15) is 0 Å². The molecule has 3 unspecified atom stereocenters. The van der Waals surface area contributed by atoms with Gasteiger partial charge in [-0.05, 0) is 36.1 Å². The zero-order chi connectivity index (χ0) is 32.9. The van der Waals surface area contributed by atoms with E-state index in [-0.39, 0.29) is 30.3 Å². The average molecular weight is 615 g/mol. The maximum atomic E-state index is 13.4. The number of carbonyl (C=O) groups is 6. The van der Waals surface area contributed by atoms with Gasteiger partial charge in [0.15, 0.2) is 0 Å². The highest BCUT2D eigenvalue weighted by atomic mass is 16.2. The van der Waals surface area contributed by atoms with Gasteiger partial charge in [-0.3, -0.25) is 28.8 Å². The summed E-state index contributed by atoms with van der Waals surface area (Å²) in [5.74, 6) is -3.99.